The molecule has 1 aliphatic heterocycles. The highest BCUT2D eigenvalue weighted by molar-refractivity contribution is 5.48. The molecule has 0 amide bonds. The molecular formula is C17H19N5O. The van der Waals surface area contributed by atoms with Crippen molar-refractivity contribution in [3.05, 3.63) is 35.2 Å². The summed E-state index contributed by atoms with van der Waals surface area (Å²) in [6, 6.07) is 5.97. The first-order chi connectivity index (χ1) is 11.1. The standard InChI is InChI=1S/C17H19N5O/c1-11-13(8-18)5-6-15(19-11)22-9-14-4-3-7-17(14,10-22)16-21-20-12(2)23-16/h5-6,14H,3-4,7,9-10H2,1-2H3/t14-,17-/m0/s1. The van der Waals surface area contributed by atoms with Crippen molar-refractivity contribution in [1.82, 2.24) is 15.2 Å². The van der Waals surface area contributed by atoms with Crippen LogP contribution >= 0.6 is 0 Å². The zero-order valence-corrected chi connectivity index (χ0v) is 13.4. The van der Waals surface area contributed by atoms with Crippen molar-refractivity contribution in [2.75, 3.05) is 18.0 Å². The van der Waals surface area contributed by atoms with Gasteiger partial charge in [-0.3, -0.25) is 0 Å². The molecule has 23 heavy (non-hydrogen) atoms. The molecule has 0 spiro atoms. The Bertz CT molecular complexity index is 793. The van der Waals surface area contributed by atoms with E-state index in [0.29, 0.717) is 17.4 Å². The van der Waals surface area contributed by atoms with Crippen LogP contribution in [0.5, 0.6) is 0 Å². The molecule has 1 saturated heterocycles. The Kier molecular flexibility index (Phi) is 3.12. The molecule has 1 aliphatic carbocycles. The van der Waals surface area contributed by atoms with Crippen molar-refractivity contribution < 1.29 is 4.42 Å². The molecule has 2 fully saturated rings. The lowest BCUT2D eigenvalue weighted by molar-refractivity contribution is 0.299. The van der Waals surface area contributed by atoms with Crippen LogP contribution in [0.4, 0.5) is 5.82 Å². The molecule has 3 heterocycles. The Morgan fingerprint density at radius 2 is 2.22 bits per heavy atom. The minimum Gasteiger partial charge on any atom is -0.425 e. The molecule has 0 unspecified atom stereocenters. The summed E-state index contributed by atoms with van der Waals surface area (Å²) in [6.07, 6.45) is 3.48. The molecule has 2 aliphatic rings. The Hall–Kier alpha value is -2.42. The summed E-state index contributed by atoms with van der Waals surface area (Å²) in [5, 5.41) is 17.4. The van der Waals surface area contributed by atoms with Crippen molar-refractivity contribution in [3.8, 4) is 6.07 Å². The van der Waals surface area contributed by atoms with Gasteiger partial charge in [0.05, 0.1) is 16.7 Å². The van der Waals surface area contributed by atoms with Crippen LogP contribution in [0, 0.1) is 31.1 Å². The first-order valence-corrected chi connectivity index (χ1v) is 8.06. The highest BCUT2D eigenvalue weighted by Crippen LogP contribution is 2.50. The number of aromatic nitrogens is 3. The quantitative estimate of drug-likeness (QED) is 0.848. The van der Waals surface area contributed by atoms with Crippen molar-refractivity contribution >= 4 is 5.82 Å². The van der Waals surface area contributed by atoms with Gasteiger partial charge in [0.1, 0.15) is 11.9 Å². The molecule has 6 nitrogen and oxygen atoms in total. The second-order valence-electron chi connectivity index (χ2n) is 6.67. The van der Waals surface area contributed by atoms with Gasteiger partial charge in [-0.05, 0) is 37.8 Å². The molecule has 0 bridgehead atoms. The van der Waals surface area contributed by atoms with Crippen molar-refractivity contribution in [3.63, 3.8) is 0 Å². The fourth-order valence-electron chi connectivity index (χ4n) is 4.15. The molecule has 4 rings (SSSR count). The summed E-state index contributed by atoms with van der Waals surface area (Å²) in [7, 11) is 0. The number of hydrogen-bond donors (Lipinski definition) is 0. The highest BCUT2D eigenvalue weighted by atomic mass is 16.4. The van der Waals surface area contributed by atoms with Gasteiger partial charge in [0.2, 0.25) is 11.8 Å². The third kappa shape index (κ3) is 2.11. The second-order valence-corrected chi connectivity index (χ2v) is 6.67. The topological polar surface area (TPSA) is 78.8 Å². The molecule has 6 heteroatoms. The van der Waals surface area contributed by atoms with Crippen LogP contribution in [0.3, 0.4) is 0 Å². The van der Waals surface area contributed by atoms with E-state index in [0.717, 1.165) is 36.9 Å². The number of anilines is 1. The minimum absolute atomic E-state index is 0.0370. The maximum Gasteiger partial charge on any atom is 0.224 e. The molecule has 0 aromatic carbocycles. The van der Waals surface area contributed by atoms with Gasteiger partial charge in [-0.15, -0.1) is 10.2 Å². The number of rotatable bonds is 2. The zero-order valence-electron chi connectivity index (χ0n) is 13.4. The van der Waals surface area contributed by atoms with Crippen LogP contribution in [0.15, 0.2) is 16.5 Å². The first-order valence-electron chi connectivity index (χ1n) is 8.06. The Morgan fingerprint density at radius 3 is 2.91 bits per heavy atom. The van der Waals surface area contributed by atoms with E-state index in [-0.39, 0.29) is 5.41 Å². The largest absolute Gasteiger partial charge is 0.425 e. The van der Waals surface area contributed by atoms with Crippen molar-refractivity contribution in [1.29, 1.82) is 5.26 Å². The van der Waals surface area contributed by atoms with Crippen LogP contribution < -0.4 is 4.90 Å². The van der Waals surface area contributed by atoms with E-state index in [2.05, 4.69) is 26.2 Å². The van der Waals surface area contributed by atoms with Crippen LogP contribution in [-0.4, -0.2) is 28.3 Å². The van der Waals surface area contributed by atoms with Gasteiger partial charge in [-0.1, -0.05) is 6.42 Å². The number of pyridine rings is 1. The lowest BCUT2D eigenvalue weighted by atomic mass is 9.80. The van der Waals surface area contributed by atoms with Gasteiger partial charge in [0.15, 0.2) is 0 Å². The zero-order chi connectivity index (χ0) is 16.0. The van der Waals surface area contributed by atoms with Crippen LogP contribution in [0.25, 0.3) is 0 Å². The maximum atomic E-state index is 9.07. The lowest BCUT2D eigenvalue weighted by Crippen LogP contribution is -2.32. The smallest absolute Gasteiger partial charge is 0.224 e. The number of nitriles is 1. The number of fused-ring (bicyclic) bond motifs is 1. The maximum absolute atomic E-state index is 9.07. The molecule has 1 saturated carbocycles. The summed E-state index contributed by atoms with van der Waals surface area (Å²) in [5.41, 5.74) is 1.38. The second kappa shape index (κ2) is 5.05. The predicted molar refractivity (Wildman–Crippen MR) is 84.0 cm³/mol. The van der Waals surface area contributed by atoms with E-state index in [1.807, 2.05) is 26.0 Å². The molecule has 118 valence electrons. The summed E-state index contributed by atoms with van der Waals surface area (Å²) in [5.74, 6) is 2.88. The Labute approximate surface area is 135 Å². The molecular weight excluding hydrogens is 290 g/mol. The van der Waals surface area contributed by atoms with Gasteiger partial charge >= 0.3 is 0 Å². The number of aryl methyl sites for hydroxylation is 2. The number of nitrogens with zero attached hydrogens (tertiary/aromatic N) is 5. The molecule has 0 radical (unpaired) electrons. The summed E-state index contributed by atoms with van der Waals surface area (Å²) in [4.78, 5) is 6.92. The first kappa shape index (κ1) is 14.2. The lowest BCUT2D eigenvalue weighted by Gasteiger charge is -2.24. The highest BCUT2D eigenvalue weighted by Gasteiger charge is 2.54. The molecule has 2 aromatic heterocycles. The van der Waals surface area contributed by atoms with E-state index in [1.165, 1.54) is 12.8 Å². The minimum atomic E-state index is -0.0370. The predicted octanol–water partition coefficient (Wildman–Crippen LogP) is 2.51. The van der Waals surface area contributed by atoms with Crippen molar-refractivity contribution in [2.24, 2.45) is 5.92 Å². The number of hydrogen-bond acceptors (Lipinski definition) is 6. The third-order valence-corrected chi connectivity index (χ3v) is 5.34. The summed E-state index contributed by atoms with van der Waals surface area (Å²) in [6.45, 7) is 5.54. The van der Waals surface area contributed by atoms with E-state index >= 15 is 0 Å². The molecule has 2 aromatic rings. The molecule has 2 atom stereocenters. The SMILES string of the molecule is Cc1nnc([C@]23CCC[C@H]2CN(c2ccc(C#N)c(C)n2)C3)o1. The average Bonchev–Trinajstić information content (AvgIpc) is 3.20. The fraction of sp³-hybridized carbons (Fsp3) is 0.529. The van der Waals surface area contributed by atoms with E-state index < -0.39 is 0 Å². The normalized spacial score (nSPS) is 26.3. The van der Waals surface area contributed by atoms with Crippen LogP contribution in [0.1, 0.15) is 42.3 Å². The van der Waals surface area contributed by atoms with Crippen molar-refractivity contribution in [2.45, 2.75) is 38.5 Å². The summed E-state index contributed by atoms with van der Waals surface area (Å²) >= 11 is 0. The van der Waals surface area contributed by atoms with Gasteiger partial charge in [-0.2, -0.15) is 5.26 Å². The van der Waals surface area contributed by atoms with Gasteiger partial charge < -0.3 is 9.32 Å². The Balaban J connectivity index is 1.67. The average molecular weight is 309 g/mol. The van der Waals surface area contributed by atoms with Gasteiger partial charge in [0.25, 0.3) is 0 Å². The summed E-state index contributed by atoms with van der Waals surface area (Å²) < 4.78 is 5.80. The van der Waals surface area contributed by atoms with E-state index in [4.69, 9.17) is 9.68 Å². The van der Waals surface area contributed by atoms with Gasteiger partial charge in [0, 0.05) is 20.0 Å². The monoisotopic (exact) mass is 309 g/mol. The third-order valence-electron chi connectivity index (χ3n) is 5.34. The fourth-order valence-corrected chi connectivity index (χ4v) is 4.15. The Morgan fingerprint density at radius 1 is 1.35 bits per heavy atom. The van der Waals surface area contributed by atoms with E-state index in [9.17, 15) is 0 Å². The van der Waals surface area contributed by atoms with Gasteiger partial charge in [-0.25, -0.2) is 4.98 Å². The van der Waals surface area contributed by atoms with Crippen LogP contribution in [0.2, 0.25) is 0 Å². The molecule has 0 N–H and O–H groups in total. The van der Waals surface area contributed by atoms with E-state index in [1.54, 1.807) is 0 Å². The van der Waals surface area contributed by atoms with Crippen LogP contribution in [-0.2, 0) is 5.41 Å².